The Labute approximate surface area is 103 Å². The molecule has 1 aromatic rings. The number of hydrogen-bond acceptors (Lipinski definition) is 2. The predicted octanol–water partition coefficient (Wildman–Crippen LogP) is 1.48. The summed E-state index contributed by atoms with van der Waals surface area (Å²) in [7, 11) is 0. The van der Waals surface area contributed by atoms with Gasteiger partial charge < -0.3 is 10.2 Å². The number of hydrogen-bond donors (Lipinski definition) is 1. The Morgan fingerprint density at radius 1 is 1.12 bits per heavy atom. The molecule has 90 valence electrons. The molecule has 2 fully saturated rings. The van der Waals surface area contributed by atoms with Gasteiger partial charge in [-0.05, 0) is 42.5 Å². The molecule has 0 amide bonds. The Morgan fingerprint density at radius 3 is 2.65 bits per heavy atom. The third kappa shape index (κ3) is 1.62. The summed E-state index contributed by atoms with van der Waals surface area (Å²) in [5.74, 6) is 2.69. The molecule has 3 atom stereocenters. The van der Waals surface area contributed by atoms with Crippen LogP contribution in [-0.4, -0.2) is 37.6 Å². The number of nitrogens with one attached hydrogen (secondary N) is 1. The van der Waals surface area contributed by atoms with Crippen LogP contribution >= 0.6 is 0 Å². The van der Waals surface area contributed by atoms with E-state index in [0.717, 1.165) is 17.8 Å². The first-order valence-electron chi connectivity index (χ1n) is 6.91. The van der Waals surface area contributed by atoms with Gasteiger partial charge in [0, 0.05) is 25.6 Å². The second kappa shape index (κ2) is 3.82. The number of benzene rings is 1. The largest absolute Gasteiger partial charge is 0.316 e. The molecule has 0 radical (unpaired) electrons. The Kier molecular flexibility index (Phi) is 2.27. The maximum Gasteiger partial charge on any atom is 0.00538 e. The molecule has 0 aromatic heterocycles. The SMILES string of the molecule is c1ccc2c(c1)CC2CN1C[C@H]2CNC[C@H]2C1. The van der Waals surface area contributed by atoms with Gasteiger partial charge in [0.05, 0.1) is 0 Å². The summed E-state index contributed by atoms with van der Waals surface area (Å²) in [5.41, 5.74) is 3.20. The highest BCUT2D eigenvalue weighted by Crippen LogP contribution is 2.37. The molecule has 1 N–H and O–H groups in total. The first-order chi connectivity index (χ1) is 8.40. The smallest absolute Gasteiger partial charge is 0.00538 e. The molecule has 3 aliphatic rings. The number of likely N-dealkylation sites (tertiary alicyclic amines) is 1. The lowest BCUT2D eigenvalue weighted by atomic mass is 9.77. The van der Waals surface area contributed by atoms with Crippen LogP contribution < -0.4 is 5.32 Å². The van der Waals surface area contributed by atoms with E-state index in [-0.39, 0.29) is 0 Å². The third-order valence-electron chi connectivity index (χ3n) is 4.90. The second-order valence-electron chi connectivity index (χ2n) is 6.00. The van der Waals surface area contributed by atoms with E-state index in [4.69, 9.17) is 0 Å². The Morgan fingerprint density at radius 2 is 1.88 bits per heavy atom. The highest BCUT2D eigenvalue weighted by molar-refractivity contribution is 5.40. The zero-order valence-electron chi connectivity index (χ0n) is 10.2. The van der Waals surface area contributed by atoms with Gasteiger partial charge in [0.15, 0.2) is 0 Å². The van der Waals surface area contributed by atoms with Crippen molar-refractivity contribution in [1.29, 1.82) is 0 Å². The highest BCUT2D eigenvalue weighted by Gasteiger charge is 2.38. The maximum atomic E-state index is 3.52. The van der Waals surface area contributed by atoms with E-state index in [1.165, 1.54) is 39.1 Å². The van der Waals surface area contributed by atoms with E-state index in [2.05, 4.69) is 34.5 Å². The van der Waals surface area contributed by atoms with Crippen molar-refractivity contribution in [2.45, 2.75) is 12.3 Å². The molecule has 2 saturated heterocycles. The first-order valence-corrected chi connectivity index (χ1v) is 6.91. The van der Waals surface area contributed by atoms with Crippen LogP contribution in [0.15, 0.2) is 24.3 Å². The molecule has 0 saturated carbocycles. The standard InChI is InChI=1S/C15H20N2/c1-2-4-15-11(3-1)5-12(15)8-17-9-13-6-16-7-14(13)10-17/h1-4,12-14,16H,5-10H2/t12?,13-,14+. The van der Waals surface area contributed by atoms with Crippen LogP contribution in [0.25, 0.3) is 0 Å². The average molecular weight is 228 g/mol. The predicted molar refractivity (Wildman–Crippen MR) is 69.2 cm³/mol. The van der Waals surface area contributed by atoms with Crippen LogP contribution in [-0.2, 0) is 6.42 Å². The lowest BCUT2D eigenvalue weighted by molar-refractivity contribution is 0.281. The maximum absolute atomic E-state index is 3.52. The summed E-state index contributed by atoms with van der Waals surface area (Å²) >= 11 is 0. The van der Waals surface area contributed by atoms with Crippen molar-refractivity contribution < 1.29 is 0 Å². The van der Waals surface area contributed by atoms with Gasteiger partial charge in [0.1, 0.15) is 0 Å². The Bertz CT molecular complexity index is 417. The van der Waals surface area contributed by atoms with Crippen molar-refractivity contribution in [3.8, 4) is 0 Å². The fourth-order valence-corrected chi connectivity index (χ4v) is 3.94. The quantitative estimate of drug-likeness (QED) is 0.825. The summed E-state index contributed by atoms with van der Waals surface area (Å²) in [5, 5.41) is 3.52. The van der Waals surface area contributed by atoms with E-state index >= 15 is 0 Å². The van der Waals surface area contributed by atoms with Gasteiger partial charge in [-0.1, -0.05) is 24.3 Å². The van der Waals surface area contributed by atoms with E-state index in [9.17, 15) is 0 Å². The van der Waals surface area contributed by atoms with E-state index in [0.29, 0.717) is 0 Å². The molecule has 1 aliphatic carbocycles. The molecule has 0 spiro atoms. The van der Waals surface area contributed by atoms with Crippen LogP contribution in [0.4, 0.5) is 0 Å². The Hall–Kier alpha value is -0.860. The molecular weight excluding hydrogens is 208 g/mol. The van der Waals surface area contributed by atoms with Gasteiger partial charge in [-0.25, -0.2) is 0 Å². The molecule has 2 nitrogen and oxygen atoms in total. The van der Waals surface area contributed by atoms with Crippen molar-refractivity contribution in [1.82, 2.24) is 10.2 Å². The molecule has 1 unspecified atom stereocenters. The molecule has 2 heteroatoms. The number of fused-ring (bicyclic) bond motifs is 2. The van der Waals surface area contributed by atoms with Crippen LogP contribution in [0.1, 0.15) is 17.0 Å². The normalized spacial score (nSPS) is 35.4. The minimum absolute atomic E-state index is 0.818. The summed E-state index contributed by atoms with van der Waals surface area (Å²) in [4.78, 5) is 2.71. The summed E-state index contributed by atoms with van der Waals surface area (Å²) in [6, 6.07) is 8.96. The fraction of sp³-hybridized carbons (Fsp3) is 0.600. The zero-order valence-corrected chi connectivity index (χ0v) is 10.2. The molecule has 0 bridgehead atoms. The van der Waals surface area contributed by atoms with Crippen LogP contribution in [0, 0.1) is 11.8 Å². The lowest BCUT2D eigenvalue weighted by Gasteiger charge is -2.33. The molecular formula is C15H20N2. The number of nitrogens with zero attached hydrogens (tertiary/aromatic N) is 1. The van der Waals surface area contributed by atoms with E-state index in [1.54, 1.807) is 11.1 Å². The van der Waals surface area contributed by atoms with Crippen molar-refractivity contribution >= 4 is 0 Å². The highest BCUT2D eigenvalue weighted by atomic mass is 15.2. The summed E-state index contributed by atoms with van der Waals surface area (Å²) in [6.07, 6.45) is 1.31. The second-order valence-corrected chi connectivity index (χ2v) is 6.00. The topological polar surface area (TPSA) is 15.3 Å². The molecule has 2 heterocycles. The van der Waals surface area contributed by atoms with Crippen molar-refractivity contribution in [2.24, 2.45) is 11.8 Å². The van der Waals surface area contributed by atoms with E-state index < -0.39 is 0 Å². The molecule has 4 rings (SSSR count). The third-order valence-corrected chi connectivity index (χ3v) is 4.90. The molecule has 2 aliphatic heterocycles. The number of rotatable bonds is 2. The van der Waals surface area contributed by atoms with Crippen LogP contribution in [0.2, 0.25) is 0 Å². The minimum Gasteiger partial charge on any atom is -0.316 e. The monoisotopic (exact) mass is 228 g/mol. The van der Waals surface area contributed by atoms with E-state index in [1.807, 2.05) is 0 Å². The average Bonchev–Trinajstić information content (AvgIpc) is 2.86. The summed E-state index contributed by atoms with van der Waals surface area (Å²) < 4.78 is 0. The summed E-state index contributed by atoms with van der Waals surface area (Å²) in [6.45, 7) is 6.46. The van der Waals surface area contributed by atoms with Gasteiger partial charge in [0.25, 0.3) is 0 Å². The van der Waals surface area contributed by atoms with Gasteiger partial charge in [-0.3, -0.25) is 0 Å². The molecule has 1 aromatic carbocycles. The van der Waals surface area contributed by atoms with Crippen molar-refractivity contribution in [3.63, 3.8) is 0 Å². The van der Waals surface area contributed by atoms with Gasteiger partial charge in [0.2, 0.25) is 0 Å². The van der Waals surface area contributed by atoms with Crippen molar-refractivity contribution in [3.05, 3.63) is 35.4 Å². The lowest BCUT2D eigenvalue weighted by Crippen LogP contribution is -2.33. The minimum atomic E-state index is 0.818. The first kappa shape index (κ1) is 10.1. The fourth-order valence-electron chi connectivity index (χ4n) is 3.94. The van der Waals surface area contributed by atoms with Crippen LogP contribution in [0.3, 0.4) is 0 Å². The zero-order chi connectivity index (χ0) is 11.2. The van der Waals surface area contributed by atoms with Crippen LogP contribution in [0.5, 0.6) is 0 Å². The molecule has 17 heavy (non-hydrogen) atoms. The van der Waals surface area contributed by atoms with Crippen molar-refractivity contribution in [2.75, 3.05) is 32.7 Å². The van der Waals surface area contributed by atoms with Gasteiger partial charge in [-0.2, -0.15) is 0 Å². The van der Waals surface area contributed by atoms with Gasteiger partial charge in [-0.15, -0.1) is 0 Å². The Balaban J connectivity index is 1.41. The van der Waals surface area contributed by atoms with Gasteiger partial charge >= 0.3 is 0 Å².